The van der Waals surface area contributed by atoms with Gasteiger partial charge in [0.2, 0.25) is 10.0 Å². The summed E-state index contributed by atoms with van der Waals surface area (Å²) in [5.41, 5.74) is 3.92. The average Bonchev–Trinajstić information content (AvgIpc) is 2.90. The van der Waals surface area contributed by atoms with E-state index in [-0.39, 0.29) is 17.7 Å². The van der Waals surface area contributed by atoms with Crippen molar-refractivity contribution in [2.24, 2.45) is 0 Å². The number of sulfonamides is 1. The zero-order chi connectivity index (χ0) is 18.2. The maximum Gasteiger partial charge on any atom is 0.255 e. The van der Waals surface area contributed by atoms with Crippen LogP contribution in [0.5, 0.6) is 0 Å². The lowest BCUT2D eigenvalue weighted by atomic mass is 10.1. The van der Waals surface area contributed by atoms with Crippen molar-refractivity contribution in [3.8, 4) is 0 Å². The molecule has 1 amide bonds. The molecule has 25 heavy (non-hydrogen) atoms. The van der Waals surface area contributed by atoms with Crippen LogP contribution in [0.15, 0.2) is 42.5 Å². The first-order valence-corrected chi connectivity index (χ1v) is 9.96. The third kappa shape index (κ3) is 3.39. The van der Waals surface area contributed by atoms with Crippen LogP contribution >= 0.6 is 0 Å². The second-order valence-electron chi connectivity index (χ2n) is 6.42. The molecule has 1 heterocycles. The van der Waals surface area contributed by atoms with Crippen LogP contribution in [-0.4, -0.2) is 26.1 Å². The monoisotopic (exact) mass is 358 g/mol. The quantitative estimate of drug-likeness (QED) is 0.911. The molecular formula is C19H22N2O3S. The van der Waals surface area contributed by atoms with Gasteiger partial charge in [0.05, 0.1) is 11.4 Å². The number of anilines is 2. The highest BCUT2D eigenvalue weighted by molar-refractivity contribution is 7.92. The Bertz CT molecular complexity index is 922. The van der Waals surface area contributed by atoms with Crippen LogP contribution in [0.3, 0.4) is 0 Å². The molecule has 6 heteroatoms. The second-order valence-corrected chi connectivity index (χ2v) is 8.55. The number of carbonyl (C=O) groups excluding carboxylic acids is 1. The zero-order valence-corrected chi connectivity index (χ0v) is 15.4. The Morgan fingerprint density at radius 3 is 2.68 bits per heavy atom. The Balaban J connectivity index is 1.87. The predicted molar refractivity (Wildman–Crippen MR) is 101 cm³/mol. The number of nitrogens with zero attached hydrogens (tertiary/aromatic N) is 1. The van der Waals surface area contributed by atoms with Crippen molar-refractivity contribution in [1.82, 2.24) is 0 Å². The minimum absolute atomic E-state index is 0.0619. The van der Waals surface area contributed by atoms with Crippen molar-refractivity contribution in [3.05, 3.63) is 59.2 Å². The van der Waals surface area contributed by atoms with E-state index in [1.54, 1.807) is 25.1 Å². The summed E-state index contributed by atoms with van der Waals surface area (Å²) in [7, 11) is -3.31. The molecular weight excluding hydrogens is 336 g/mol. The van der Waals surface area contributed by atoms with E-state index in [1.165, 1.54) is 4.31 Å². The van der Waals surface area contributed by atoms with Gasteiger partial charge in [-0.1, -0.05) is 12.1 Å². The van der Waals surface area contributed by atoms with Gasteiger partial charge in [-0.15, -0.1) is 0 Å². The van der Waals surface area contributed by atoms with Gasteiger partial charge in [-0.3, -0.25) is 9.10 Å². The van der Waals surface area contributed by atoms with Gasteiger partial charge in [-0.05, 0) is 68.7 Å². The maximum absolute atomic E-state index is 12.5. The second kappa shape index (κ2) is 6.52. The number of carbonyl (C=O) groups is 1. The summed E-state index contributed by atoms with van der Waals surface area (Å²) in [5.74, 6) is -0.135. The smallest absolute Gasteiger partial charge is 0.255 e. The number of hydrogen-bond donors (Lipinski definition) is 1. The van der Waals surface area contributed by atoms with E-state index in [2.05, 4.69) is 5.32 Å². The Labute approximate surface area is 148 Å². The molecule has 1 N–H and O–H groups in total. The predicted octanol–water partition coefficient (Wildman–Crippen LogP) is 3.35. The normalized spacial score (nSPS) is 16.6. The van der Waals surface area contributed by atoms with Gasteiger partial charge in [0.15, 0.2) is 0 Å². The number of nitrogens with one attached hydrogen (secondary N) is 1. The minimum atomic E-state index is -3.31. The molecule has 0 fully saturated rings. The third-order valence-corrected chi connectivity index (χ3v) is 6.32. The van der Waals surface area contributed by atoms with E-state index in [0.29, 0.717) is 17.7 Å². The number of rotatable bonds is 4. The first kappa shape index (κ1) is 17.5. The maximum atomic E-state index is 12.5. The summed E-state index contributed by atoms with van der Waals surface area (Å²) in [5, 5.41) is 2.88. The summed E-state index contributed by atoms with van der Waals surface area (Å²) in [6.07, 6.45) is 0.611. The van der Waals surface area contributed by atoms with Gasteiger partial charge in [0, 0.05) is 17.3 Å². The molecule has 1 atom stereocenters. The summed E-state index contributed by atoms with van der Waals surface area (Å²) in [6.45, 7) is 5.50. The molecule has 0 saturated heterocycles. The van der Waals surface area contributed by atoms with Crippen molar-refractivity contribution < 1.29 is 13.2 Å². The number of benzene rings is 2. The van der Waals surface area contributed by atoms with E-state index >= 15 is 0 Å². The summed E-state index contributed by atoms with van der Waals surface area (Å²) < 4.78 is 26.1. The van der Waals surface area contributed by atoms with E-state index in [1.807, 2.05) is 38.1 Å². The van der Waals surface area contributed by atoms with Crippen molar-refractivity contribution in [2.45, 2.75) is 33.2 Å². The van der Waals surface area contributed by atoms with Gasteiger partial charge < -0.3 is 5.32 Å². The van der Waals surface area contributed by atoms with Crippen LogP contribution in [-0.2, 0) is 16.4 Å². The molecule has 0 spiro atoms. The molecule has 1 aliphatic rings. The van der Waals surface area contributed by atoms with Crippen LogP contribution in [0.25, 0.3) is 0 Å². The first-order chi connectivity index (χ1) is 11.8. The molecule has 2 aromatic rings. The van der Waals surface area contributed by atoms with Gasteiger partial charge in [0.1, 0.15) is 0 Å². The van der Waals surface area contributed by atoms with Crippen molar-refractivity contribution in [3.63, 3.8) is 0 Å². The fourth-order valence-electron chi connectivity index (χ4n) is 3.23. The third-order valence-electron chi connectivity index (χ3n) is 4.44. The molecule has 3 rings (SSSR count). The van der Waals surface area contributed by atoms with E-state index in [4.69, 9.17) is 0 Å². The minimum Gasteiger partial charge on any atom is -0.322 e. The van der Waals surface area contributed by atoms with Crippen LogP contribution in [0.4, 0.5) is 11.4 Å². The van der Waals surface area contributed by atoms with Crippen molar-refractivity contribution in [1.29, 1.82) is 0 Å². The van der Waals surface area contributed by atoms with Crippen LogP contribution in [0.2, 0.25) is 0 Å². The molecule has 132 valence electrons. The van der Waals surface area contributed by atoms with Crippen LogP contribution in [0, 0.1) is 6.92 Å². The topological polar surface area (TPSA) is 66.5 Å². The van der Waals surface area contributed by atoms with Gasteiger partial charge in [-0.25, -0.2) is 8.42 Å². The zero-order valence-electron chi connectivity index (χ0n) is 14.6. The van der Waals surface area contributed by atoms with E-state index in [9.17, 15) is 13.2 Å². The number of fused-ring (bicyclic) bond motifs is 1. The van der Waals surface area contributed by atoms with E-state index < -0.39 is 10.0 Å². The van der Waals surface area contributed by atoms with E-state index in [0.717, 1.165) is 16.8 Å². The lowest BCUT2D eigenvalue weighted by Crippen LogP contribution is -2.36. The molecule has 1 aliphatic heterocycles. The van der Waals surface area contributed by atoms with Gasteiger partial charge in [0.25, 0.3) is 5.91 Å². The van der Waals surface area contributed by atoms with Crippen LogP contribution in [0.1, 0.15) is 35.3 Å². The Hall–Kier alpha value is -2.34. The molecule has 0 radical (unpaired) electrons. The molecule has 2 aromatic carbocycles. The summed E-state index contributed by atoms with van der Waals surface area (Å²) in [4.78, 5) is 12.5. The first-order valence-electron chi connectivity index (χ1n) is 8.35. The number of aryl methyl sites for hydroxylation is 1. The van der Waals surface area contributed by atoms with Gasteiger partial charge >= 0.3 is 0 Å². The molecule has 0 bridgehead atoms. The fraction of sp³-hybridized carbons (Fsp3) is 0.316. The molecule has 0 aromatic heterocycles. The van der Waals surface area contributed by atoms with Crippen molar-refractivity contribution >= 4 is 27.3 Å². The highest BCUT2D eigenvalue weighted by atomic mass is 32.2. The fourth-order valence-corrected chi connectivity index (χ4v) is 4.61. The standard InChI is InChI=1S/C19H22N2O3S/c1-4-25(23,24)21-14(3)11-16-12-15(8-9-18(16)21)19(22)20-17-7-5-6-13(2)10-17/h5-10,12,14H,4,11H2,1-3H3,(H,20,22)/t14-/m0/s1. The SMILES string of the molecule is CCS(=O)(=O)N1c2ccc(C(=O)Nc3cccc(C)c3)cc2C[C@@H]1C. The molecule has 0 unspecified atom stereocenters. The Morgan fingerprint density at radius 1 is 1.24 bits per heavy atom. The Kier molecular flexibility index (Phi) is 4.56. The average molecular weight is 358 g/mol. The highest BCUT2D eigenvalue weighted by Gasteiger charge is 2.34. The largest absolute Gasteiger partial charge is 0.322 e. The molecule has 0 saturated carbocycles. The lowest BCUT2D eigenvalue weighted by molar-refractivity contribution is 0.102. The highest BCUT2D eigenvalue weighted by Crippen LogP contribution is 2.35. The lowest BCUT2D eigenvalue weighted by Gasteiger charge is -2.23. The summed E-state index contributed by atoms with van der Waals surface area (Å²) >= 11 is 0. The van der Waals surface area contributed by atoms with Gasteiger partial charge in [-0.2, -0.15) is 0 Å². The number of hydrogen-bond acceptors (Lipinski definition) is 3. The Morgan fingerprint density at radius 2 is 2.00 bits per heavy atom. The van der Waals surface area contributed by atoms with Crippen LogP contribution < -0.4 is 9.62 Å². The molecule has 5 nitrogen and oxygen atoms in total. The number of amides is 1. The molecule has 0 aliphatic carbocycles. The van der Waals surface area contributed by atoms with Crippen molar-refractivity contribution in [2.75, 3.05) is 15.4 Å². The summed E-state index contributed by atoms with van der Waals surface area (Å²) in [6, 6.07) is 12.7.